The lowest BCUT2D eigenvalue weighted by molar-refractivity contribution is 0.377. The number of aryl methyl sites for hydroxylation is 1. The molecule has 1 heterocycles. The molecular weight excluding hydrogens is 174 g/mol. The topological polar surface area (TPSA) is 26.0 Å². The maximum atomic E-state index is 5.14. The molecule has 0 unspecified atom stereocenters. The summed E-state index contributed by atoms with van der Waals surface area (Å²) in [6.07, 6.45) is 9.18. The van der Waals surface area contributed by atoms with E-state index in [-0.39, 0.29) is 0 Å². The molecule has 0 aliphatic carbocycles. The lowest BCUT2D eigenvalue weighted by Crippen LogP contribution is -1.82. The largest absolute Gasteiger partial charge is 0.361 e. The minimum Gasteiger partial charge on any atom is -0.361 e. The quantitative estimate of drug-likeness (QED) is 0.615. The van der Waals surface area contributed by atoms with Crippen LogP contribution in [0.4, 0.5) is 0 Å². The van der Waals surface area contributed by atoms with E-state index in [1.165, 1.54) is 32.1 Å². The summed E-state index contributed by atoms with van der Waals surface area (Å²) in [5, 5.41) is 3.86. The van der Waals surface area contributed by atoms with E-state index in [2.05, 4.69) is 18.7 Å². The van der Waals surface area contributed by atoms with Crippen LogP contribution in [-0.2, 0) is 6.42 Å². The molecule has 0 spiro atoms. The van der Waals surface area contributed by atoms with Crippen molar-refractivity contribution < 1.29 is 4.52 Å². The number of hydrogen-bond donors (Lipinski definition) is 0. The van der Waals surface area contributed by atoms with E-state index in [1.807, 2.05) is 6.07 Å². The average Bonchev–Trinajstić information content (AvgIpc) is 2.65. The van der Waals surface area contributed by atoms with E-state index in [0.29, 0.717) is 0 Å². The van der Waals surface area contributed by atoms with Gasteiger partial charge < -0.3 is 4.52 Å². The van der Waals surface area contributed by atoms with Gasteiger partial charge in [-0.3, -0.25) is 0 Å². The van der Waals surface area contributed by atoms with Crippen LogP contribution in [0.3, 0.4) is 0 Å². The molecule has 0 amide bonds. The van der Waals surface area contributed by atoms with Crippen LogP contribution in [0.15, 0.2) is 17.2 Å². The normalized spacial score (nSPS) is 10.4. The predicted molar refractivity (Wildman–Crippen MR) is 59.1 cm³/mol. The fourth-order valence-electron chi connectivity index (χ4n) is 1.45. The molecule has 0 atom stereocenters. The number of hydrogen-bond acceptors (Lipinski definition) is 2. The molecule has 0 aromatic carbocycles. The van der Waals surface area contributed by atoms with Crippen molar-refractivity contribution in [2.45, 2.75) is 45.4 Å². The van der Waals surface area contributed by atoms with Gasteiger partial charge >= 0.3 is 0 Å². The summed E-state index contributed by atoms with van der Waals surface area (Å²) in [5.74, 6) is 0.983. The first-order chi connectivity index (χ1) is 6.86. The molecule has 1 aromatic rings. The zero-order valence-corrected chi connectivity index (χ0v) is 8.96. The maximum Gasteiger partial charge on any atom is 0.137 e. The van der Waals surface area contributed by atoms with Crippen molar-refractivity contribution in [3.63, 3.8) is 0 Å². The Morgan fingerprint density at radius 1 is 1.36 bits per heavy atom. The summed E-state index contributed by atoms with van der Waals surface area (Å²) in [6.45, 7) is 5.87. The van der Waals surface area contributed by atoms with Gasteiger partial charge in [0, 0.05) is 12.5 Å². The van der Waals surface area contributed by atoms with Crippen LogP contribution in [0, 0.1) is 0 Å². The third-order valence-electron chi connectivity index (χ3n) is 2.31. The molecule has 1 aromatic heterocycles. The molecular formula is C12H19NO. The molecule has 0 bridgehead atoms. The van der Waals surface area contributed by atoms with Crippen molar-refractivity contribution in [3.8, 4) is 0 Å². The van der Waals surface area contributed by atoms with E-state index in [9.17, 15) is 0 Å². The Morgan fingerprint density at radius 2 is 2.14 bits per heavy atom. The first-order valence-corrected chi connectivity index (χ1v) is 5.45. The second-order valence-corrected chi connectivity index (χ2v) is 3.59. The molecule has 0 aliphatic heterocycles. The molecule has 0 radical (unpaired) electrons. The summed E-state index contributed by atoms with van der Waals surface area (Å²) < 4.78 is 5.14. The van der Waals surface area contributed by atoms with Crippen LogP contribution in [0.2, 0.25) is 0 Å². The standard InChI is InChI=1S/C12H19NO/c1-3-5-6-7-8-9-12-10-11(4-2)13-14-12/h4,10H,2-3,5-9H2,1H3. The molecule has 78 valence electrons. The Balaban J connectivity index is 2.14. The van der Waals surface area contributed by atoms with Gasteiger partial charge in [-0.05, 0) is 12.5 Å². The number of unbranched alkanes of at least 4 members (excludes halogenated alkanes) is 4. The SMILES string of the molecule is C=Cc1cc(CCCCCCC)on1. The Bertz CT molecular complexity index is 265. The van der Waals surface area contributed by atoms with E-state index >= 15 is 0 Å². The second-order valence-electron chi connectivity index (χ2n) is 3.59. The lowest BCUT2D eigenvalue weighted by Gasteiger charge is -1.96. The van der Waals surface area contributed by atoms with Gasteiger partial charge in [0.2, 0.25) is 0 Å². The van der Waals surface area contributed by atoms with Gasteiger partial charge in [-0.1, -0.05) is 44.3 Å². The molecule has 0 saturated carbocycles. The van der Waals surface area contributed by atoms with Crippen molar-refractivity contribution in [2.75, 3.05) is 0 Å². The minimum absolute atomic E-state index is 0.841. The Morgan fingerprint density at radius 3 is 2.79 bits per heavy atom. The van der Waals surface area contributed by atoms with Crippen molar-refractivity contribution >= 4 is 6.08 Å². The monoisotopic (exact) mass is 193 g/mol. The average molecular weight is 193 g/mol. The van der Waals surface area contributed by atoms with Crippen LogP contribution in [-0.4, -0.2) is 5.16 Å². The van der Waals surface area contributed by atoms with Crippen molar-refractivity contribution in [1.29, 1.82) is 0 Å². The Hall–Kier alpha value is -1.05. The van der Waals surface area contributed by atoms with Crippen molar-refractivity contribution in [1.82, 2.24) is 5.16 Å². The van der Waals surface area contributed by atoms with Gasteiger partial charge in [0.1, 0.15) is 11.5 Å². The summed E-state index contributed by atoms with van der Waals surface area (Å²) in [4.78, 5) is 0. The molecule has 0 N–H and O–H groups in total. The van der Waals surface area contributed by atoms with Crippen LogP contribution >= 0.6 is 0 Å². The molecule has 14 heavy (non-hydrogen) atoms. The number of nitrogens with zero attached hydrogens (tertiary/aromatic N) is 1. The zero-order valence-electron chi connectivity index (χ0n) is 8.96. The van der Waals surface area contributed by atoms with Gasteiger partial charge in [-0.15, -0.1) is 0 Å². The number of aromatic nitrogens is 1. The van der Waals surface area contributed by atoms with E-state index in [0.717, 1.165) is 17.9 Å². The fourth-order valence-corrected chi connectivity index (χ4v) is 1.45. The van der Waals surface area contributed by atoms with Crippen LogP contribution in [0.1, 0.15) is 50.5 Å². The Labute approximate surface area is 86.0 Å². The molecule has 0 saturated heterocycles. The first-order valence-electron chi connectivity index (χ1n) is 5.45. The highest BCUT2D eigenvalue weighted by atomic mass is 16.5. The molecule has 2 heteroatoms. The summed E-state index contributed by atoms with van der Waals surface area (Å²) in [6, 6.07) is 1.97. The minimum atomic E-state index is 0.841. The van der Waals surface area contributed by atoms with Crippen LogP contribution in [0.25, 0.3) is 6.08 Å². The second kappa shape index (κ2) is 6.41. The third kappa shape index (κ3) is 3.77. The molecule has 1 rings (SSSR count). The highest BCUT2D eigenvalue weighted by Gasteiger charge is 2.00. The van der Waals surface area contributed by atoms with E-state index < -0.39 is 0 Å². The van der Waals surface area contributed by atoms with Crippen LogP contribution in [0.5, 0.6) is 0 Å². The highest BCUT2D eigenvalue weighted by Crippen LogP contribution is 2.10. The van der Waals surface area contributed by atoms with Gasteiger partial charge in [0.25, 0.3) is 0 Å². The predicted octanol–water partition coefficient (Wildman–Crippen LogP) is 3.83. The van der Waals surface area contributed by atoms with E-state index in [4.69, 9.17) is 4.52 Å². The summed E-state index contributed by atoms with van der Waals surface area (Å²) >= 11 is 0. The highest BCUT2D eigenvalue weighted by molar-refractivity contribution is 5.40. The smallest absolute Gasteiger partial charge is 0.137 e. The summed E-state index contributed by atoms with van der Waals surface area (Å²) in [5.41, 5.74) is 0.841. The third-order valence-corrected chi connectivity index (χ3v) is 2.31. The van der Waals surface area contributed by atoms with Gasteiger partial charge in [-0.25, -0.2) is 0 Å². The van der Waals surface area contributed by atoms with Gasteiger partial charge in [0.05, 0.1) is 0 Å². The molecule has 0 fully saturated rings. The zero-order chi connectivity index (χ0) is 10.2. The Kier molecular flexibility index (Phi) is 5.05. The molecule has 2 nitrogen and oxygen atoms in total. The number of rotatable bonds is 7. The van der Waals surface area contributed by atoms with Gasteiger partial charge in [-0.2, -0.15) is 0 Å². The maximum absolute atomic E-state index is 5.14. The van der Waals surface area contributed by atoms with Gasteiger partial charge in [0.15, 0.2) is 0 Å². The summed E-state index contributed by atoms with van der Waals surface area (Å²) in [7, 11) is 0. The van der Waals surface area contributed by atoms with Crippen molar-refractivity contribution in [3.05, 3.63) is 24.1 Å². The fraction of sp³-hybridized carbons (Fsp3) is 0.583. The van der Waals surface area contributed by atoms with E-state index in [1.54, 1.807) is 6.08 Å². The first kappa shape index (κ1) is 11.0. The lowest BCUT2D eigenvalue weighted by atomic mass is 10.1. The van der Waals surface area contributed by atoms with Crippen LogP contribution < -0.4 is 0 Å². The molecule has 0 aliphatic rings. The van der Waals surface area contributed by atoms with Crippen molar-refractivity contribution in [2.24, 2.45) is 0 Å².